The monoisotopic (exact) mass is 296 g/mol. The Morgan fingerprint density at radius 2 is 1.77 bits per heavy atom. The molecule has 0 aromatic heterocycles. The van der Waals surface area contributed by atoms with Crippen LogP contribution in [0, 0.1) is 0 Å². The molecule has 0 fully saturated rings. The van der Waals surface area contributed by atoms with Crippen LogP contribution in [0.3, 0.4) is 0 Å². The highest BCUT2D eigenvalue weighted by atomic mass is 16.6. The predicted octanol–water partition coefficient (Wildman–Crippen LogP) is 2.37. The van der Waals surface area contributed by atoms with Crippen molar-refractivity contribution in [3.8, 4) is 11.5 Å². The molecule has 1 aliphatic rings. The molecule has 1 aliphatic heterocycles. The van der Waals surface area contributed by atoms with Crippen molar-refractivity contribution < 1.29 is 14.3 Å². The maximum Gasteiger partial charge on any atom is 0.284 e. The van der Waals surface area contributed by atoms with Gasteiger partial charge in [0.25, 0.3) is 5.91 Å². The van der Waals surface area contributed by atoms with Crippen LogP contribution in [0.1, 0.15) is 12.5 Å². The lowest BCUT2D eigenvalue weighted by molar-refractivity contribution is -0.130. The first kappa shape index (κ1) is 14.1. The van der Waals surface area contributed by atoms with Gasteiger partial charge in [-0.1, -0.05) is 42.5 Å². The Balaban J connectivity index is 1.64. The highest BCUT2D eigenvalue weighted by molar-refractivity contribution is 5.99. The van der Waals surface area contributed by atoms with Crippen molar-refractivity contribution in [2.75, 3.05) is 6.61 Å². The largest absolute Gasteiger partial charge is 0.485 e. The molecule has 0 spiro atoms. The quantitative estimate of drug-likeness (QED) is 0.698. The summed E-state index contributed by atoms with van der Waals surface area (Å²) in [7, 11) is 0. The molecule has 112 valence electrons. The second-order valence-electron chi connectivity index (χ2n) is 4.90. The molecule has 0 saturated carbocycles. The first-order chi connectivity index (χ1) is 10.7. The minimum Gasteiger partial charge on any atom is -0.485 e. The van der Waals surface area contributed by atoms with Gasteiger partial charge in [0.1, 0.15) is 6.61 Å². The molecule has 0 saturated heterocycles. The number of hydrazone groups is 1. The second-order valence-corrected chi connectivity index (χ2v) is 4.90. The summed E-state index contributed by atoms with van der Waals surface area (Å²) in [6.45, 7) is 2.01. The van der Waals surface area contributed by atoms with E-state index in [4.69, 9.17) is 9.47 Å². The third-order valence-electron chi connectivity index (χ3n) is 3.33. The number of amides is 1. The molecular formula is C17H16N2O3. The van der Waals surface area contributed by atoms with Crippen molar-refractivity contribution >= 4 is 11.6 Å². The number of carbonyl (C=O) groups excluding carboxylic acids is 1. The van der Waals surface area contributed by atoms with Gasteiger partial charge in [0, 0.05) is 0 Å². The van der Waals surface area contributed by atoms with E-state index in [0.29, 0.717) is 11.5 Å². The molecule has 1 amide bonds. The molecule has 2 aromatic carbocycles. The summed E-state index contributed by atoms with van der Waals surface area (Å²) in [5.41, 5.74) is 4.21. The van der Waals surface area contributed by atoms with E-state index in [9.17, 15) is 4.79 Å². The van der Waals surface area contributed by atoms with E-state index in [0.717, 1.165) is 11.3 Å². The van der Waals surface area contributed by atoms with Crippen LogP contribution in [-0.2, 0) is 4.79 Å². The predicted molar refractivity (Wildman–Crippen MR) is 83.1 cm³/mol. The van der Waals surface area contributed by atoms with Crippen LogP contribution in [-0.4, -0.2) is 24.3 Å². The summed E-state index contributed by atoms with van der Waals surface area (Å²) in [4.78, 5) is 12.1. The summed E-state index contributed by atoms with van der Waals surface area (Å²) >= 11 is 0. The molecule has 2 aromatic rings. The van der Waals surface area contributed by atoms with Crippen LogP contribution in [0.5, 0.6) is 11.5 Å². The van der Waals surface area contributed by atoms with Crippen molar-refractivity contribution in [3.05, 3.63) is 60.2 Å². The molecule has 1 atom stereocenters. The standard InChI is InChI=1S/C17H16N2O3/c1-12(13-7-3-2-4-8-13)18-19-17(20)16-11-21-14-9-5-6-10-15(14)22-16/h2-10,16H,11H2,1H3,(H,19,20)/t16-/m1/s1. The molecule has 22 heavy (non-hydrogen) atoms. The number of nitrogens with zero attached hydrogens (tertiary/aromatic N) is 1. The van der Waals surface area contributed by atoms with Gasteiger partial charge in [0.05, 0.1) is 5.71 Å². The Labute approximate surface area is 128 Å². The van der Waals surface area contributed by atoms with Crippen molar-refractivity contribution in [2.45, 2.75) is 13.0 Å². The Morgan fingerprint density at radius 3 is 2.55 bits per heavy atom. The zero-order chi connectivity index (χ0) is 15.4. The lowest BCUT2D eigenvalue weighted by Gasteiger charge is -2.24. The molecule has 3 rings (SSSR count). The molecular weight excluding hydrogens is 280 g/mol. The van der Waals surface area contributed by atoms with E-state index in [1.54, 1.807) is 12.1 Å². The first-order valence-corrected chi connectivity index (χ1v) is 7.02. The maximum absolute atomic E-state index is 12.1. The number of rotatable bonds is 3. The van der Waals surface area contributed by atoms with E-state index in [1.807, 2.05) is 49.4 Å². The van der Waals surface area contributed by atoms with Crippen LogP contribution in [0.4, 0.5) is 0 Å². The van der Waals surface area contributed by atoms with Crippen LogP contribution in [0.25, 0.3) is 0 Å². The van der Waals surface area contributed by atoms with E-state index >= 15 is 0 Å². The lowest BCUT2D eigenvalue weighted by Crippen LogP contribution is -2.42. The van der Waals surface area contributed by atoms with Gasteiger partial charge < -0.3 is 9.47 Å². The molecule has 0 unspecified atom stereocenters. The Bertz CT molecular complexity index is 698. The highest BCUT2D eigenvalue weighted by Gasteiger charge is 2.27. The van der Waals surface area contributed by atoms with Crippen LogP contribution in [0.2, 0.25) is 0 Å². The minimum atomic E-state index is -0.706. The molecule has 0 bridgehead atoms. The Hall–Kier alpha value is -2.82. The summed E-state index contributed by atoms with van der Waals surface area (Å²) < 4.78 is 11.1. The summed E-state index contributed by atoms with van der Waals surface area (Å²) in [6.07, 6.45) is -0.706. The molecule has 0 aliphatic carbocycles. The zero-order valence-corrected chi connectivity index (χ0v) is 12.2. The lowest BCUT2D eigenvalue weighted by atomic mass is 10.1. The van der Waals surface area contributed by atoms with Crippen molar-refractivity contribution in [1.82, 2.24) is 5.43 Å². The zero-order valence-electron chi connectivity index (χ0n) is 12.2. The van der Waals surface area contributed by atoms with Gasteiger partial charge in [0.2, 0.25) is 6.10 Å². The Kier molecular flexibility index (Phi) is 4.05. The van der Waals surface area contributed by atoms with Crippen LogP contribution >= 0.6 is 0 Å². The summed E-state index contributed by atoms with van der Waals surface area (Å²) in [5, 5.41) is 4.11. The van der Waals surface area contributed by atoms with E-state index < -0.39 is 6.10 Å². The van der Waals surface area contributed by atoms with Crippen LogP contribution < -0.4 is 14.9 Å². The Morgan fingerprint density at radius 1 is 1.09 bits per heavy atom. The number of ether oxygens (including phenoxy) is 2. The fraction of sp³-hybridized carbons (Fsp3) is 0.176. The normalized spacial score (nSPS) is 17.0. The third kappa shape index (κ3) is 3.09. The average Bonchev–Trinajstić information content (AvgIpc) is 2.59. The smallest absolute Gasteiger partial charge is 0.284 e. The fourth-order valence-electron chi connectivity index (χ4n) is 2.10. The summed E-state index contributed by atoms with van der Waals surface area (Å²) in [5.74, 6) is 0.887. The van der Waals surface area contributed by atoms with Gasteiger partial charge in [-0.05, 0) is 24.6 Å². The number of hydrogen-bond donors (Lipinski definition) is 1. The molecule has 1 N–H and O–H groups in total. The number of carbonyl (C=O) groups is 1. The maximum atomic E-state index is 12.1. The highest BCUT2D eigenvalue weighted by Crippen LogP contribution is 2.30. The van der Waals surface area contributed by atoms with Crippen molar-refractivity contribution in [1.29, 1.82) is 0 Å². The summed E-state index contributed by atoms with van der Waals surface area (Å²) in [6, 6.07) is 16.9. The van der Waals surface area contributed by atoms with Gasteiger partial charge in [-0.3, -0.25) is 4.79 Å². The van der Waals surface area contributed by atoms with Gasteiger partial charge in [-0.25, -0.2) is 5.43 Å². The molecule has 5 nitrogen and oxygen atoms in total. The molecule has 1 heterocycles. The SMILES string of the molecule is CC(=NNC(=O)[C@H]1COc2ccccc2O1)c1ccccc1. The van der Waals surface area contributed by atoms with Gasteiger partial charge in [-0.15, -0.1) is 0 Å². The van der Waals surface area contributed by atoms with Gasteiger partial charge >= 0.3 is 0 Å². The number of benzene rings is 2. The number of fused-ring (bicyclic) bond motifs is 1. The second kappa shape index (κ2) is 6.30. The number of para-hydroxylation sites is 2. The van der Waals surface area contributed by atoms with Crippen LogP contribution in [0.15, 0.2) is 59.7 Å². The number of nitrogens with one attached hydrogen (secondary N) is 1. The molecule has 5 heteroatoms. The fourth-order valence-corrected chi connectivity index (χ4v) is 2.10. The molecule has 0 radical (unpaired) electrons. The van der Waals surface area contributed by atoms with E-state index in [-0.39, 0.29) is 12.5 Å². The number of hydrogen-bond acceptors (Lipinski definition) is 4. The first-order valence-electron chi connectivity index (χ1n) is 7.02. The minimum absolute atomic E-state index is 0.169. The average molecular weight is 296 g/mol. The third-order valence-corrected chi connectivity index (χ3v) is 3.33. The van der Waals surface area contributed by atoms with E-state index in [1.165, 1.54) is 0 Å². The van der Waals surface area contributed by atoms with Crippen molar-refractivity contribution in [3.63, 3.8) is 0 Å². The van der Waals surface area contributed by atoms with Gasteiger partial charge in [-0.2, -0.15) is 5.10 Å². The topological polar surface area (TPSA) is 59.9 Å². The van der Waals surface area contributed by atoms with Crippen molar-refractivity contribution in [2.24, 2.45) is 5.10 Å². The van der Waals surface area contributed by atoms with Gasteiger partial charge in [0.15, 0.2) is 11.5 Å². The van der Waals surface area contributed by atoms with E-state index in [2.05, 4.69) is 10.5 Å².